The molecule has 0 saturated carbocycles. The molecule has 3 nitrogen and oxygen atoms in total. The first-order chi connectivity index (χ1) is 9.53. The normalized spacial score (nSPS) is 13.2. The fraction of sp³-hybridized carbons (Fsp3) is 0.647. The van der Waals surface area contributed by atoms with Crippen LogP contribution in [0.15, 0.2) is 24.3 Å². The summed E-state index contributed by atoms with van der Waals surface area (Å²) in [6, 6.07) is 8.04. The molecule has 0 bridgehead atoms. The number of hydrogen-bond donors (Lipinski definition) is 2. The number of β-amino-alcohol motifs (C(OH)–C–C–N with tert-alkyl or cyclic N) is 1. The first-order valence-electron chi connectivity index (χ1n) is 7.67. The topological polar surface area (TPSA) is 41.5 Å². The molecule has 2 N–H and O–H groups in total. The first kappa shape index (κ1) is 17.0. The van der Waals surface area contributed by atoms with Gasteiger partial charge in [0, 0.05) is 12.1 Å². The molecule has 1 aromatic carbocycles. The monoisotopic (exact) mass is 279 g/mol. The van der Waals surface area contributed by atoms with Gasteiger partial charge < -0.3 is 15.2 Å². The summed E-state index contributed by atoms with van der Waals surface area (Å²) in [4.78, 5) is 0. The number of aliphatic hydroxyl groups excluding tert-OH is 1. The van der Waals surface area contributed by atoms with Crippen LogP contribution in [-0.4, -0.2) is 29.9 Å². The fourth-order valence-electron chi connectivity index (χ4n) is 1.94. The lowest BCUT2D eigenvalue weighted by Crippen LogP contribution is -2.46. The second-order valence-corrected chi connectivity index (χ2v) is 5.61. The van der Waals surface area contributed by atoms with E-state index >= 15 is 0 Å². The average molecular weight is 279 g/mol. The molecule has 20 heavy (non-hydrogen) atoms. The van der Waals surface area contributed by atoms with Gasteiger partial charge in [0.05, 0.1) is 0 Å². The Morgan fingerprint density at radius 2 is 1.75 bits per heavy atom. The first-order valence-corrected chi connectivity index (χ1v) is 7.67. The van der Waals surface area contributed by atoms with E-state index in [-0.39, 0.29) is 5.54 Å². The SMILES string of the molecule is CCc1ccc(OCC(O)CNC(C)(CC)CC)cc1. The third-order valence-electron chi connectivity index (χ3n) is 4.10. The molecule has 0 aliphatic carbocycles. The van der Waals surface area contributed by atoms with Crippen LogP contribution < -0.4 is 10.1 Å². The summed E-state index contributed by atoms with van der Waals surface area (Å²) in [6.07, 6.45) is 2.64. The maximum Gasteiger partial charge on any atom is 0.119 e. The van der Waals surface area contributed by atoms with E-state index in [1.54, 1.807) is 0 Å². The molecule has 0 saturated heterocycles. The van der Waals surface area contributed by atoms with Crippen LogP contribution in [-0.2, 0) is 6.42 Å². The number of aryl methyl sites for hydroxylation is 1. The van der Waals surface area contributed by atoms with Crippen molar-refractivity contribution in [3.8, 4) is 5.75 Å². The Morgan fingerprint density at radius 3 is 2.25 bits per heavy atom. The van der Waals surface area contributed by atoms with Gasteiger partial charge in [-0.15, -0.1) is 0 Å². The molecule has 0 spiro atoms. The van der Waals surface area contributed by atoms with Crippen molar-refractivity contribution in [1.29, 1.82) is 0 Å². The molecule has 0 heterocycles. The largest absolute Gasteiger partial charge is 0.491 e. The van der Waals surface area contributed by atoms with Gasteiger partial charge in [-0.2, -0.15) is 0 Å². The number of nitrogens with one attached hydrogen (secondary N) is 1. The summed E-state index contributed by atoms with van der Waals surface area (Å²) < 4.78 is 5.61. The Hall–Kier alpha value is -1.06. The Kier molecular flexibility index (Phi) is 7.03. The molecular formula is C17H29NO2. The molecule has 3 heteroatoms. The van der Waals surface area contributed by atoms with E-state index < -0.39 is 6.10 Å². The predicted octanol–water partition coefficient (Wildman–Crippen LogP) is 3.16. The van der Waals surface area contributed by atoms with Gasteiger partial charge in [0.15, 0.2) is 0 Å². The van der Waals surface area contributed by atoms with Crippen LogP contribution in [0.2, 0.25) is 0 Å². The van der Waals surface area contributed by atoms with E-state index in [4.69, 9.17) is 4.74 Å². The highest BCUT2D eigenvalue weighted by Crippen LogP contribution is 2.14. The van der Waals surface area contributed by atoms with Crippen molar-refractivity contribution < 1.29 is 9.84 Å². The number of hydrogen-bond acceptors (Lipinski definition) is 3. The molecule has 0 aliphatic heterocycles. The molecule has 0 aliphatic rings. The van der Waals surface area contributed by atoms with Crippen LogP contribution >= 0.6 is 0 Å². The lowest BCUT2D eigenvalue weighted by atomic mass is 9.95. The maximum atomic E-state index is 9.98. The number of benzene rings is 1. The lowest BCUT2D eigenvalue weighted by molar-refractivity contribution is 0.0966. The van der Waals surface area contributed by atoms with Crippen LogP contribution in [0.4, 0.5) is 0 Å². The van der Waals surface area contributed by atoms with Crippen molar-refractivity contribution in [3.63, 3.8) is 0 Å². The number of rotatable bonds is 9. The molecule has 1 rings (SSSR count). The van der Waals surface area contributed by atoms with E-state index in [1.165, 1.54) is 5.56 Å². The van der Waals surface area contributed by atoms with Crippen LogP contribution in [0.1, 0.15) is 46.1 Å². The zero-order valence-corrected chi connectivity index (χ0v) is 13.3. The van der Waals surface area contributed by atoms with E-state index in [9.17, 15) is 5.11 Å². The third kappa shape index (κ3) is 5.51. The molecule has 1 unspecified atom stereocenters. The zero-order chi connectivity index (χ0) is 15.0. The zero-order valence-electron chi connectivity index (χ0n) is 13.3. The highest BCUT2D eigenvalue weighted by molar-refractivity contribution is 5.27. The number of ether oxygens (including phenoxy) is 1. The molecule has 0 radical (unpaired) electrons. The fourth-order valence-corrected chi connectivity index (χ4v) is 1.94. The molecule has 0 fully saturated rings. The minimum atomic E-state index is -0.488. The van der Waals surface area contributed by atoms with E-state index in [0.717, 1.165) is 25.0 Å². The summed E-state index contributed by atoms with van der Waals surface area (Å²) in [7, 11) is 0. The third-order valence-corrected chi connectivity index (χ3v) is 4.10. The van der Waals surface area contributed by atoms with Crippen molar-refractivity contribution in [2.45, 2.75) is 58.6 Å². The Labute approximate surface area is 123 Å². The van der Waals surface area contributed by atoms with Gasteiger partial charge >= 0.3 is 0 Å². The van der Waals surface area contributed by atoms with Crippen molar-refractivity contribution >= 4 is 0 Å². The standard InChI is InChI=1S/C17H29NO2/c1-5-14-8-10-16(11-9-14)20-13-15(19)12-18-17(4,6-2)7-3/h8-11,15,18-19H,5-7,12-13H2,1-4H3. The summed E-state index contributed by atoms with van der Waals surface area (Å²) in [5, 5.41) is 13.4. The summed E-state index contributed by atoms with van der Waals surface area (Å²) >= 11 is 0. The Morgan fingerprint density at radius 1 is 1.15 bits per heavy atom. The molecule has 1 aromatic rings. The van der Waals surface area contributed by atoms with Gasteiger partial charge in [0.1, 0.15) is 18.5 Å². The summed E-state index contributed by atoms with van der Waals surface area (Å²) in [6.45, 7) is 9.52. The highest BCUT2D eigenvalue weighted by Gasteiger charge is 2.19. The second kappa shape index (κ2) is 8.28. The van der Waals surface area contributed by atoms with Crippen LogP contribution in [0.3, 0.4) is 0 Å². The summed E-state index contributed by atoms with van der Waals surface area (Å²) in [5.74, 6) is 0.815. The smallest absolute Gasteiger partial charge is 0.119 e. The molecule has 0 aromatic heterocycles. The van der Waals surface area contributed by atoms with Crippen LogP contribution in [0, 0.1) is 0 Å². The van der Waals surface area contributed by atoms with Crippen LogP contribution in [0.25, 0.3) is 0 Å². The van der Waals surface area contributed by atoms with E-state index in [2.05, 4.69) is 45.1 Å². The molecule has 114 valence electrons. The van der Waals surface area contributed by atoms with Crippen molar-refractivity contribution in [1.82, 2.24) is 5.32 Å². The Bertz CT molecular complexity index is 371. The van der Waals surface area contributed by atoms with Gasteiger partial charge in [-0.1, -0.05) is 32.9 Å². The predicted molar refractivity (Wildman–Crippen MR) is 84.3 cm³/mol. The Balaban J connectivity index is 2.33. The van der Waals surface area contributed by atoms with Crippen molar-refractivity contribution in [2.24, 2.45) is 0 Å². The molecule has 1 atom stereocenters. The van der Waals surface area contributed by atoms with Gasteiger partial charge in [-0.25, -0.2) is 0 Å². The number of aliphatic hydroxyl groups is 1. The summed E-state index contributed by atoms with van der Waals surface area (Å²) in [5.41, 5.74) is 1.39. The van der Waals surface area contributed by atoms with Gasteiger partial charge in [-0.3, -0.25) is 0 Å². The second-order valence-electron chi connectivity index (χ2n) is 5.61. The van der Waals surface area contributed by atoms with E-state index in [0.29, 0.717) is 13.2 Å². The highest BCUT2D eigenvalue weighted by atomic mass is 16.5. The van der Waals surface area contributed by atoms with Gasteiger partial charge in [0.25, 0.3) is 0 Å². The van der Waals surface area contributed by atoms with E-state index in [1.807, 2.05) is 12.1 Å². The minimum absolute atomic E-state index is 0.101. The van der Waals surface area contributed by atoms with Gasteiger partial charge in [-0.05, 0) is 43.9 Å². The van der Waals surface area contributed by atoms with Crippen LogP contribution in [0.5, 0.6) is 5.75 Å². The minimum Gasteiger partial charge on any atom is -0.491 e. The maximum absolute atomic E-state index is 9.98. The van der Waals surface area contributed by atoms with Gasteiger partial charge in [0.2, 0.25) is 0 Å². The quantitative estimate of drug-likeness (QED) is 0.729. The molecule has 0 amide bonds. The average Bonchev–Trinajstić information content (AvgIpc) is 2.51. The lowest BCUT2D eigenvalue weighted by Gasteiger charge is -2.29. The molecular weight excluding hydrogens is 250 g/mol. The van der Waals surface area contributed by atoms with Crippen molar-refractivity contribution in [2.75, 3.05) is 13.2 Å². The van der Waals surface area contributed by atoms with Crippen molar-refractivity contribution in [3.05, 3.63) is 29.8 Å².